The summed E-state index contributed by atoms with van der Waals surface area (Å²) in [5.74, 6) is -0.566. The number of hydrogen-bond donors (Lipinski definition) is 5. The van der Waals surface area contributed by atoms with Crippen molar-refractivity contribution >= 4 is 24.1 Å². The standard InChI is InChI=1S/C17H33N7O3/c18-8-2-1-5-12(11-25)23-15(26)14-7-4-10-24(14)16(27)13(19)6-3-9-22-17(20)21/h11-14H,1-10,18-19H2,(H,23,26)(H4,20,21,22)/t12-,13-,14-/m0/s1. The number of amides is 2. The molecule has 1 fully saturated rings. The molecule has 0 spiro atoms. The van der Waals surface area contributed by atoms with Crippen LogP contribution in [0.3, 0.4) is 0 Å². The van der Waals surface area contributed by atoms with Crippen molar-refractivity contribution in [1.29, 1.82) is 0 Å². The van der Waals surface area contributed by atoms with E-state index in [-0.39, 0.29) is 17.8 Å². The van der Waals surface area contributed by atoms with Crippen LogP contribution in [0.2, 0.25) is 0 Å². The van der Waals surface area contributed by atoms with Crippen LogP contribution in [-0.2, 0) is 14.4 Å². The highest BCUT2D eigenvalue weighted by Gasteiger charge is 2.36. The molecule has 9 N–H and O–H groups in total. The van der Waals surface area contributed by atoms with Crippen LogP contribution in [0.5, 0.6) is 0 Å². The van der Waals surface area contributed by atoms with E-state index < -0.39 is 18.1 Å². The Labute approximate surface area is 160 Å². The fourth-order valence-corrected chi connectivity index (χ4v) is 3.12. The molecule has 0 aromatic carbocycles. The predicted molar refractivity (Wildman–Crippen MR) is 104 cm³/mol. The fraction of sp³-hybridized carbons (Fsp3) is 0.765. The SMILES string of the molecule is NCCCC[C@@H](C=O)NC(=O)[C@@H]1CCCN1C(=O)[C@@H](N)CCCN=C(N)N. The van der Waals surface area contributed by atoms with Crippen molar-refractivity contribution in [3.05, 3.63) is 0 Å². The number of unbranched alkanes of at least 4 members (excludes halogenated alkanes) is 1. The van der Waals surface area contributed by atoms with Gasteiger partial charge in [-0.2, -0.15) is 0 Å². The van der Waals surface area contributed by atoms with E-state index in [4.69, 9.17) is 22.9 Å². The Kier molecular flexibility index (Phi) is 10.3. The highest BCUT2D eigenvalue weighted by atomic mass is 16.2. The summed E-state index contributed by atoms with van der Waals surface area (Å²) in [6.45, 7) is 1.43. The lowest BCUT2D eigenvalue weighted by molar-refractivity contribution is -0.140. The summed E-state index contributed by atoms with van der Waals surface area (Å²) in [7, 11) is 0. The zero-order valence-corrected chi connectivity index (χ0v) is 15.8. The molecule has 0 bridgehead atoms. The molecule has 1 saturated heterocycles. The highest BCUT2D eigenvalue weighted by Crippen LogP contribution is 2.19. The van der Waals surface area contributed by atoms with Gasteiger partial charge in [-0.3, -0.25) is 14.6 Å². The maximum absolute atomic E-state index is 12.6. The van der Waals surface area contributed by atoms with Gasteiger partial charge in [0.2, 0.25) is 11.8 Å². The van der Waals surface area contributed by atoms with Gasteiger partial charge in [0, 0.05) is 13.1 Å². The fourth-order valence-electron chi connectivity index (χ4n) is 3.12. The van der Waals surface area contributed by atoms with Gasteiger partial charge in [-0.05, 0) is 51.5 Å². The topological polar surface area (TPSA) is 183 Å². The Morgan fingerprint density at radius 1 is 1.22 bits per heavy atom. The van der Waals surface area contributed by atoms with Gasteiger partial charge in [0.05, 0.1) is 12.1 Å². The summed E-state index contributed by atoms with van der Waals surface area (Å²) >= 11 is 0. The van der Waals surface area contributed by atoms with Crippen LogP contribution in [-0.4, -0.2) is 66.7 Å². The second-order valence-electron chi connectivity index (χ2n) is 6.78. The number of aldehydes is 1. The van der Waals surface area contributed by atoms with Gasteiger partial charge in [0.25, 0.3) is 0 Å². The Balaban J connectivity index is 2.54. The van der Waals surface area contributed by atoms with Gasteiger partial charge in [0.1, 0.15) is 12.3 Å². The first-order valence-corrected chi connectivity index (χ1v) is 9.47. The normalized spacial score (nSPS) is 18.6. The Hall–Kier alpha value is -2.20. The molecule has 0 saturated carbocycles. The summed E-state index contributed by atoms with van der Waals surface area (Å²) in [5, 5.41) is 2.73. The van der Waals surface area contributed by atoms with E-state index in [1.54, 1.807) is 0 Å². The summed E-state index contributed by atoms with van der Waals surface area (Å²) in [4.78, 5) is 41.7. The molecule has 0 aliphatic carbocycles. The van der Waals surface area contributed by atoms with E-state index in [1.165, 1.54) is 4.90 Å². The number of hydrogen-bond acceptors (Lipinski definition) is 6. The van der Waals surface area contributed by atoms with Crippen molar-refractivity contribution in [3.63, 3.8) is 0 Å². The van der Waals surface area contributed by atoms with Crippen LogP contribution in [0.1, 0.15) is 44.9 Å². The first-order valence-electron chi connectivity index (χ1n) is 9.47. The van der Waals surface area contributed by atoms with E-state index in [0.717, 1.165) is 25.5 Å². The van der Waals surface area contributed by atoms with Crippen molar-refractivity contribution < 1.29 is 14.4 Å². The third kappa shape index (κ3) is 7.92. The lowest BCUT2D eigenvalue weighted by Gasteiger charge is -2.27. The second kappa shape index (κ2) is 12.2. The van der Waals surface area contributed by atoms with Crippen LogP contribution in [0.4, 0.5) is 0 Å². The monoisotopic (exact) mass is 383 g/mol. The molecule has 0 aromatic heterocycles. The van der Waals surface area contributed by atoms with Crippen molar-refractivity contribution in [2.45, 2.75) is 63.1 Å². The van der Waals surface area contributed by atoms with E-state index in [0.29, 0.717) is 45.3 Å². The van der Waals surface area contributed by atoms with Gasteiger partial charge < -0.3 is 37.9 Å². The molecular formula is C17H33N7O3. The highest BCUT2D eigenvalue weighted by molar-refractivity contribution is 5.91. The Morgan fingerprint density at radius 3 is 2.59 bits per heavy atom. The third-order valence-corrected chi connectivity index (χ3v) is 4.58. The van der Waals surface area contributed by atoms with Gasteiger partial charge >= 0.3 is 0 Å². The minimum Gasteiger partial charge on any atom is -0.370 e. The predicted octanol–water partition coefficient (Wildman–Crippen LogP) is -1.83. The van der Waals surface area contributed by atoms with Crippen molar-refractivity contribution in [2.24, 2.45) is 27.9 Å². The van der Waals surface area contributed by atoms with Crippen LogP contribution < -0.4 is 28.3 Å². The lowest BCUT2D eigenvalue weighted by atomic mass is 10.1. The van der Waals surface area contributed by atoms with Crippen LogP contribution >= 0.6 is 0 Å². The van der Waals surface area contributed by atoms with Crippen molar-refractivity contribution in [1.82, 2.24) is 10.2 Å². The molecule has 2 amide bonds. The molecule has 1 aliphatic rings. The summed E-state index contributed by atoms with van der Waals surface area (Å²) < 4.78 is 0. The maximum atomic E-state index is 12.6. The number of nitrogens with two attached hydrogens (primary N) is 4. The quantitative estimate of drug-likeness (QED) is 0.114. The lowest BCUT2D eigenvalue weighted by Crippen LogP contribution is -2.53. The van der Waals surface area contributed by atoms with Crippen LogP contribution in [0.15, 0.2) is 4.99 Å². The molecule has 10 nitrogen and oxygen atoms in total. The summed E-state index contributed by atoms with van der Waals surface area (Å²) in [6, 6.07) is -1.85. The number of guanidine groups is 1. The molecule has 154 valence electrons. The summed E-state index contributed by atoms with van der Waals surface area (Å²) in [5.41, 5.74) is 21.9. The molecular weight excluding hydrogens is 350 g/mol. The van der Waals surface area contributed by atoms with Crippen LogP contribution in [0, 0.1) is 0 Å². The summed E-state index contributed by atoms with van der Waals surface area (Å²) in [6.07, 6.45) is 5.11. The minimum atomic E-state index is -0.709. The van der Waals surface area contributed by atoms with E-state index >= 15 is 0 Å². The zero-order valence-electron chi connectivity index (χ0n) is 15.8. The molecule has 1 rings (SSSR count). The number of likely N-dealkylation sites (tertiary alicyclic amines) is 1. The number of carbonyl (C=O) groups is 3. The molecule has 10 heteroatoms. The zero-order chi connectivity index (χ0) is 20.2. The molecule has 1 aliphatic heterocycles. The van der Waals surface area contributed by atoms with Gasteiger partial charge in [-0.1, -0.05) is 0 Å². The van der Waals surface area contributed by atoms with Crippen molar-refractivity contribution in [2.75, 3.05) is 19.6 Å². The van der Waals surface area contributed by atoms with Crippen molar-refractivity contribution in [3.8, 4) is 0 Å². The van der Waals surface area contributed by atoms with Crippen LogP contribution in [0.25, 0.3) is 0 Å². The van der Waals surface area contributed by atoms with E-state index in [9.17, 15) is 14.4 Å². The van der Waals surface area contributed by atoms with E-state index in [2.05, 4.69) is 10.3 Å². The largest absolute Gasteiger partial charge is 0.370 e. The first-order chi connectivity index (χ1) is 12.9. The first kappa shape index (κ1) is 22.8. The molecule has 0 radical (unpaired) electrons. The average Bonchev–Trinajstić information content (AvgIpc) is 3.13. The number of nitrogens with one attached hydrogen (secondary N) is 1. The molecule has 0 unspecified atom stereocenters. The average molecular weight is 383 g/mol. The minimum absolute atomic E-state index is 0.00220. The van der Waals surface area contributed by atoms with Gasteiger partial charge in [-0.15, -0.1) is 0 Å². The molecule has 27 heavy (non-hydrogen) atoms. The third-order valence-electron chi connectivity index (χ3n) is 4.58. The van der Waals surface area contributed by atoms with Gasteiger partial charge in [0.15, 0.2) is 5.96 Å². The maximum Gasteiger partial charge on any atom is 0.243 e. The molecule has 1 heterocycles. The molecule has 3 atom stereocenters. The molecule has 0 aromatic rings. The second-order valence-corrected chi connectivity index (χ2v) is 6.78. The Bertz CT molecular complexity index is 523. The Morgan fingerprint density at radius 2 is 1.96 bits per heavy atom. The number of rotatable bonds is 12. The van der Waals surface area contributed by atoms with Gasteiger partial charge in [-0.25, -0.2) is 0 Å². The number of nitrogens with zero attached hydrogens (tertiary/aromatic N) is 2. The van der Waals surface area contributed by atoms with E-state index in [1.807, 2.05) is 0 Å². The smallest absolute Gasteiger partial charge is 0.243 e. The number of aliphatic imine (C=N–C) groups is 1. The number of carbonyl (C=O) groups excluding carboxylic acids is 3.